The molecule has 2 nitrogen and oxygen atoms in total. The molecule has 0 spiro atoms. The molecule has 0 heterocycles. The van der Waals surface area contributed by atoms with Crippen LogP contribution in [-0.2, 0) is 6.42 Å². The van der Waals surface area contributed by atoms with Crippen LogP contribution in [0.25, 0.3) is 11.1 Å². The van der Waals surface area contributed by atoms with Crippen molar-refractivity contribution < 1.29 is 9.47 Å². The first-order chi connectivity index (χ1) is 9.13. The highest BCUT2D eigenvalue weighted by molar-refractivity contribution is 5.81. The van der Waals surface area contributed by atoms with Crippen LogP contribution in [0.4, 0.5) is 0 Å². The van der Waals surface area contributed by atoms with E-state index in [2.05, 4.69) is 38.1 Å². The van der Waals surface area contributed by atoms with Gasteiger partial charge in [-0.15, -0.1) is 0 Å². The van der Waals surface area contributed by atoms with Gasteiger partial charge in [-0.2, -0.15) is 0 Å². The summed E-state index contributed by atoms with van der Waals surface area (Å²) in [4.78, 5) is 0. The first-order valence-corrected chi connectivity index (χ1v) is 6.49. The molecule has 0 saturated carbocycles. The van der Waals surface area contributed by atoms with E-state index in [9.17, 15) is 0 Å². The SMILES string of the molecule is COc1cc2c(cc1OC)-c1c(C)cc(C)cc1C2. The largest absolute Gasteiger partial charge is 0.493 e. The first kappa shape index (κ1) is 12.1. The molecule has 0 radical (unpaired) electrons. The van der Waals surface area contributed by atoms with Gasteiger partial charge >= 0.3 is 0 Å². The monoisotopic (exact) mass is 254 g/mol. The van der Waals surface area contributed by atoms with Crippen molar-refractivity contribution in [2.45, 2.75) is 20.3 Å². The highest BCUT2D eigenvalue weighted by Gasteiger charge is 2.23. The van der Waals surface area contributed by atoms with E-state index >= 15 is 0 Å². The van der Waals surface area contributed by atoms with E-state index in [0.717, 1.165) is 17.9 Å². The lowest BCUT2D eigenvalue weighted by atomic mass is 9.98. The van der Waals surface area contributed by atoms with Gasteiger partial charge in [-0.25, -0.2) is 0 Å². The third kappa shape index (κ3) is 1.79. The smallest absolute Gasteiger partial charge is 0.161 e. The molecular formula is C17H18O2. The minimum Gasteiger partial charge on any atom is -0.493 e. The first-order valence-electron chi connectivity index (χ1n) is 6.49. The zero-order valence-corrected chi connectivity index (χ0v) is 11.8. The lowest BCUT2D eigenvalue weighted by molar-refractivity contribution is 0.355. The molecule has 2 aromatic rings. The normalized spacial score (nSPS) is 12.0. The van der Waals surface area contributed by atoms with Crippen molar-refractivity contribution in [2.24, 2.45) is 0 Å². The molecule has 1 aliphatic carbocycles. The van der Waals surface area contributed by atoms with Crippen LogP contribution >= 0.6 is 0 Å². The van der Waals surface area contributed by atoms with Crippen LogP contribution in [0.3, 0.4) is 0 Å². The maximum atomic E-state index is 5.42. The van der Waals surface area contributed by atoms with Gasteiger partial charge < -0.3 is 9.47 Å². The predicted octanol–water partition coefficient (Wildman–Crippen LogP) is 3.89. The van der Waals surface area contributed by atoms with Gasteiger partial charge in [0.2, 0.25) is 0 Å². The Morgan fingerprint density at radius 2 is 1.53 bits per heavy atom. The van der Waals surface area contributed by atoms with Crippen molar-refractivity contribution in [3.8, 4) is 22.6 Å². The van der Waals surface area contributed by atoms with Crippen molar-refractivity contribution in [1.29, 1.82) is 0 Å². The lowest BCUT2D eigenvalue weighted by Gasteiger charge is -2.11. The van der Waals surface area contributed by atoms with Crippen molar-refractivity contribution in [3.05, 3.63) is 46.5 Å². The molecule has 2 heteroatoms. The number of ether oxygens (including phenoxy) is 2. The van der Waals surface area contributed by atoms with Crippen LogP contribution in [0.5, 0.6) is 11.5 Å². The molecule has 0 N–H and O–H groups in total. The molecule has 0 saturated heterocycles. The van der Waals surface area contributed by atoms with Crippen LogP contribution in [0.15, 0.2) is 24.3 Å². The summed E-state index contributed by atoms with van der Waals surface area (Å²) in [6.45, 7) is 4.33. The quantitative estimate of drug-likeness (QED) is 0.690. The van der Waals surface area contributed by atoms with E-state index in [1.54, 1.807) is 14.2 Å². The van der Waals surface area contributed by atoms with Crippen LogP contribution in [-0.4, -0.2) is 14.2 Å². The summed E-state index contributed by atoms with van der Waals surface area (Å²) >= 11 is 0. The average Bonchev–Trinajstić information content (AvgIpc) is 2.73. The standard InChI is InChI=1S/C17H18O2/c1-10-5-11(2)17-13(6-10)7-12-8-15(18-3)16(19-4)9-14(12)17/h5-6,8-9H,7H2,1-4H3. The summed E-state index contributed by atoms with van der Waals surface area (Å²) in [6, 6.07) is 8.72. The van der Waals surface area contributed by atoms with Gasteiger partial charge in [-0.3, -0.25) is 0 Å². The minimum absolute atomic E-state index is 0.800. The van der Waals surface area contributed by atoms with E-state index < -0.39 is 0 Å². The minimum atomic E-state index is 0.800. The molecule has 0 bridgehead atoms. The van der Waals surface area contributed by atoms with Crippen molar-refractivity contribution in [2.75, 3.05) is 14.2 Å². The fraction of sp³-hybridized carbons (Fsp3) is 0.294. The van der Waals surface area contributed by atoms with Crippen LogP contribution in [0, 0.1) is 13.8 Å². The zero-order chi connectivity index (χ0) is 13.6. The Morgan fingerprint density at radius 3 is 2.21 bits per heavy atom. The third-order valence-electron chi connectivity index (χ3n) is 3.82. The van der Waals surface area contributed by atoms with Crippen LogP contribution in [0.2, 0.25) is 0 Å². The Hall–Kier alpha value is -1.96. The fourth-order valence-corrected chi connectivity index (χ4v) is 3.09. The molecular weight excluding hydrogens is 236 g/mol. The Labute approximate surface area is 114 Å². The third-order valence-corrected chi connectivity index (χ3v) is 3.82. The second-order valence-corrected chi connectivity index (χ2v) is 5.16. The van der Waals surface area contributed by atoms with E-state index in [1.165, 1.54) is 33.4 Å². The van der Waals surface area contributed by atoms with Gasteiger partial charge in [0.1, 0.15) is 0 Å². The number of aryl methyl sites for hydroxylation is 2. The summed E-state index contributed by atoms with van der Waals surface area (Å²) in [7, 11) is 3.36. The van der Waals surface area contributed by atoms with Gasteiger partial charge in [0, 0.05) is 0 Å². The maximum Gasteiger partial charge on any atom is 0.161 e. The lowest BCUT2D eigenvalue weighted by Crippen LogP contribution is -1.92. The summed E-state index contributed by atoms with van der Waals surface area (Å²) < 4.78 is 10.8. The Morgan fingerprint density at radius 1 is 0.842 bits per heavy atom. The number of methoxy groups -OCH3 is 2. The fourth-order valence-electron chi connectivity index (χ4n) is 3.09. The highest BCUT2D eigenvalue weighted by Crippen LogP contribution is 2.44. The molecule has 98 valence electrons. The van der Waals surface area contributed by atoms with Gasteiger partial charge in [0.05, 0.1) is 14.2 Å². The van der Waals surface area contributed by atoms with Crippen LogP contribution < -0.4 is 9.47 Å². The maximum absolute atomic E-state index is 5.42. The number of hydrogen-bond acceptors (Lipinski definition) is 2. The zero-order valence-electron chi connectivity index (χ0n) is 11.8. The van der Waals surface area contributed by atoms with E-state index in [-0.39, 0.29) is 0 Å². The number of rotatable bonds is 2. The van der Waals surface area contributed by atoms with E-state index in [0.29, 0.717) is 0 Å². The summed E-state index contributed by atoms with van der Waals surface area (Å²) in [5, 5.41) is 0. The molecule has 0 aliphatic heterocycles. The highest BCUT2D eigenvalue weighted by atomic mass is 16.5. The summed E-state index contributed by atoms with van der Waals surface area (Å²) in [5.41, 5.74) is 8.03. The molecule has 19 heavy (non-hydrogen) atoms. The topological polar surface area (TPSA) is 18.5 Å². The Kier molecular flexibility index (Phi) is 2.74. The Balaban J connectivity index is 2.24. The molecule has 3 rings (SSSR count). The van der Waals surface area contributed by atoms with Gasteiger partial charge in [0.25, 0.3) is 0 Å². The molecule has 1 aliphatic rings. The predicted molar refractivity (Wildman–Crippen MR) is 77.3 cm³/mol. The van der Waals surface area contributed by atoms with Gasteiger partial charge in [0.15, 0.2) is 11.5 Å². The molecule has 2 aromatic carbocycles. The number of benzene rings is 2. The molecule has 0 amide bonds. The van der Waals surface area contributed by atoms with Crippen molar-refractivity contribution in [3.63, 3.8) is 0 Å². The summed E-state index contributed by atoms with van der Waals surface area (Å²) in [6.07, 6.45) is 0.980. The molecule has 0 aromatic heterocycles. The number of hydrogen-bond donors (Lipinski definition) is 0. The van der Waals surface area contributed by atoms with Crippen LogP contribution in [0.1, 0.15) is 22.3 Å². The van der Waals surface area contributed by atoms with Gasteiger partial charge in [-0.05, 0) is 60.2 Å². The van der Waals surface area contributed by atoms with E-state index in [4.69, 9.17) is 9.47 Å². The number of fused-ring (bicyclic) bond motifs is 3. The van der Waals surface area contributed by atoms with Gasteiger partial charge in [-0.1, -0.05) is 17.7 Å². The Bertz CT molecular complexity index is 657. The molecule has 0 unspecified atom stereocenters. The average molecular weight is 254 g/mol. The second kappa shape index (κ2) is 4.30. The molecule has 0 atom stereocenters. The van der Waals surface area contributed by atoms with Crippen molar-refractivity contribution >= 4 is 0 Å². The van der Waals surface area contributed by atoms with E-state index in [1.807, 2.05) is 0 Å². The molecule has 0 fully saturated rings. The second-order valence-electron chi connectivity index (χ2n) is 5.16. The summed E-state index contributed by atoms with van der Waals surface area (Å²) in [5.74, 6) is 1.61. The van der Waals surface area contributed by atoms with Crippen molar-refractivity contribution in [1.82, 2.24) is 0 Å².